The van der Waals surface area contributed by atoms with E-state index in [1.165, 1.54) is 0 Å². The molecule has 32 heavy (non-hydrogen) atoms. The van der Waals surface area contributed by atoms with Gasteiger partial charge in [0.25, 0.3) is 5.91 Å². The van der Waals surface area contributed by atoms with Crippen molar-refractivity contribution < 1.29 is 9.53 Å². The van der Waals surface area contributed by atoms with Crippen LogP contribution < -0.4 is 15.8 Å². The lowest BCUT2D eigenvalue weighted by Crippen LogP contribution is -2.28. The van der Waals surface area contributed by atoms with Crippen molar-refractivity contribution in [3.05, 3.63) is 82.9 Å². The van der Waals surface area contributed by atoms with E-state index in [9.17, 15) is 4.79 Å². The third-order valence-electron chi connectivity index (χ3n) is 4.59. The van der Waals surface area contributed by atoms with Crippen LogP contribution in [0.4, 0.5) is 5.82 Å². The van der Waals surface area contributed by atoms with Crippen molar-refractivity contribution in [1.29, 1.82) is 0 Å². The van der Waals surface area contributed by atoms with Gasteiger partial charge in [0.05, 0.1) is 19.3 Å². The summed E-state index contributed by atoms with van der Waals surface area (Å²) in [6, 6.07) is 10.9. The van der Waals surface area contributed by atoms with E-state index in [2.05, 4.69) is 20.5 Å². The van der Waals surface area contributed by atoms with Gasteiger partial charge >= 0.3 is 0 Å². The molecule has 3 heterocycles. The van der Waals surface area contributed by atoms with Gasteiger partial charge in [0.2, 0.25) is 0 Å². The summed E-state index contributed by atoms with van der Waals surface area (Å²) in [5.41, 5.74) is 8.23. The molecular weight excluding hydrogens is 430 g/mol. The Kier molecular flexibility index (Phi) is 6.37. The van der Waals surface area contributed by atoms with Gasteiger partial charge < -0.3 is 15.8 Å². The van der Waals surface area contributed by atoms with E-state index in [4.69, 9.17) is 22.1 Å². The monoisotopic (exact) mass is 451 g/mol. The predicted molar refractivity (Wildman–Crippen MR) is 121 cm³/mol. The molecule has 164 valence electrons. The van der Waals surface area contributed by atoms with Crippen molar-refractivity contribution in [2.24, 2.45) is 0 Å². The van der Waals surface area contributed by atoms with Crippen LogP contribution in [-0.4, -0.2) is 43.6 Å². The number of hydrogen-bond donors (Lipinski definition) is 2. The number of anilines is 1. The summed E-state index contributed by atoms with van der Waals surface area (Å²) in [6.07, 6.45) is 7.05. The van der Waals surface area contributed by atoms with Crippen LogP contribution >= 0.6 is 11.6 Å². The Bertz CT molecular complexity index is 1220. The molecule has 0 radical (unpaired) electrons. The lowest BCUT2D eigenvalue weighted by atomic mass is 10.3. The third kappa shape index (κ3) is 5.25. The second kappa shape index (κ2) is 9.52. The predicted octanol–water partition coefficient (Wildman–Crippen LogP) is 2.86. The molecule has 0 fully saturated rings. The van der Waals surface area contributed by atoms with E-state index in [1.54, 1.807) is 52.2 Å². The number of halogens is 1. The highest BCUT2D eigenvalue weighted by atomic mass is 35.5. The molecule has 0 bridgehead atoms. The van der Waals surface area contributed by atoms with Crippen molar-refractivity contribution in [2.75, 3.05) is 18.9 Å². The fourth-order valence-corrected chi connectivity index (χ4v) is 3.23. The lowest BCUT2D eigenvalue weighted by Gasteiger charge is -2.07. The fraction of sp³-hybridized carbons (Fsp3) is 0.182. The highest BCUT2D eigenvalue weighted by Gasteiger charge is 2.14. The Morgan fingerprint density at radius 1 is 1.22 bits per heavy atom. The van der Waals surface area contributed by atoms with Gasteiger partial charge in [-0.25, -0.2) is 9.67 Å². The number of rotatable bonds is 8. The number of hydrogen-bond acceptors (Lipinski definition) is 6. The first-order chi connectivity index (χ1) is 15.5. The van der Waals surface area contributed by atoms with Crippen LogP contribution in [0.25, 0.3) is 5.82 Å². The van der Waals surface area contributed by atoms with Crippen molar-refractivity contribution in [1.82, 2.24) is 29.9 Å². The summed E-state index contributed by atoms with van der Waals surface area (Å²) in [7, 11) is 0. The summed E-state index contributed by atoms with van der Waals surface area (Å²) in [4.78, 5) is 16.9. The van der Waals surface area contributed by atoms with Gasteiger partial charge in [0, 0.05) is 23.6 Å². The van der Waals surface area contributed by atoms with E-state index in [-0.39, 0.29) is 11.7 Å². The number of nitrogen functional groups attached to an aromatic ring is 1. The van der Waals surface area contributed by atoms with E-state index in [1.807, 2.05) is 25.3 Å². The van der Waals surface area contributed by atoms with E-state index >= 15 is 0 Å². The van der Waals surface area contributed by atoms with Gasteiger partial charge in [0.1, 0.15) is 17.9 Å². The number of carbonyl (C=O) groups excluding carboxylic acids is 1. The van der Waals surface area contributed by atoms with Crippen LogP contribution in [0.3, 0.4) is 0 Å². The maximum atomic E-state index is 12.5. The summed E-state index contributed by atoms with van der Waals surface area (Å²) in [5.74, 6) is 1.21. The molecule has 0 aliphatic rings. The van der Waals surface area contributed by atoms with Gasteiger partial charge in [-0.05, 0) is 42.3 Å². The molecule has 1 amide bonds. The van der Waals surface area contributed by atoms with Gasteiger partial charge in [-0.15, -0.1) is 0 Å². The molecule has 0 atom stereocenters. The molecule has 0 unspecified atom stereocenters. The van der Waals surface area contributed by atoms with Gasteiger partial charge in [-0.2, -0.15) is 10.2 Å². The maximum Gasteiger partial charge on any atom is 0.256 e. The van der Waals surface area contributed by atoms with Crippen LogP contribution in [0.5, 0.6) is 5.75 Å². The Morgan fingerprint density at radius 3 is 2.81 bits per heavy atom. The number of carbonyl (C=O) groups is 1. The Balaban J connectivity index is 1.31. The molecular formula is C22H22ClN7O2. The standard InChI is InChI=1S/C22H22ClN7O2/c1-15-10-27-30(12-15)20-6-5-16(11-26-20)13-29-14-19(21(24)28-29)22(31)25-7-8-32-18-4-2-3-17(23)9-18/h2-6,9-12,14H,7-8,13H2,1H3,(H2,24,28)(H,25,31). The molecule has 0 saturated carbocycles. The topological polar surface area (TPSA) is 113 Å². The second-order valence-electron chi connectivity index (χ2n) is 7.17. The van der Waals surface area contributed by atoms with Gasteiger partial charge in [-0.3, -0.25) is 9.48 Å². The largest absolute Gasteiger partial charge is 0.492 e. The highest BCUT2D eigenvalue weighted by Crippen LogP contribution is 2.17. The summed E-state index contributed by atoms with van der Waals surface area (Å²) < 4.78 is 8.89. The number of ether oxygens (including phenoxy) is 1. The van der Waals surface area contributed by atoms with Crippen LogP contribution in [0.1, 0.15) is 21.5 Å². The molecule has 1 aromatic carbocycles. The molecule has 0 aliphatic carbocycles. The smallest absolute Gasteiger partial charge is 0.256 e. The molecule has 0 aliphatic heterocycles. The SMILES string of the molecule is Cc1cnn(-c2ccc(Cn3cc(C(=O)NCCOc4cccc(Cl)c4)c(N)n3)cn2)c1. The van der Waals surface area contributed by atoms with E-state index in [0.29, 0.717) is 36.0 Å². The van der Waals surface area contributed by atoms with Crippen LogP contribution in [0.15, 0.2) is 61.2 Å². The molecule has 4 aromatic rings. The first-order valence-electron chi connectivity index (χ1n) is 9.94. The summed E-state index contributed by atoms with van der Waals surface area (Å²) in [6.45, 7) is 3.02. The Labute approximate surface area is 189 Å². The minimum absolute atomic E-state index is 0.162. The summed E-state index contributed by atoms with van der Waals surface area (Å²) >= 11 is 5.92. The third-order valence-corrected chi connectivity index (χ3v) is 4.82. The van der Waals surface area contributed by atoms with Crippen LogP contribution in [0, 0.1) is 6.92 Å². The van der Waals surface area contributed by atoms with E-state index < -0.39 is 0 Å². The second-order valence-corrected chi connectivity index (χ2v) is 7.61. The van der Waals surface area contributed by atoms with Crippen molar-refractivity contribution in [3.63, 3.8) is 0 Å². The van der Waals surface area contributed by atoms with Crippen molar-refractivity contribution >= 4 is 23.3 Å². The molecule has 3 N–H and O–H groups in total. The fourth-order valence-electron chi connectivity index (χ4n) is 3.05. The van der Waals surface area contributed by atoms with Crippen molar-refractivity contribution in [3.8, 4) is 11.6 Å². The average Bonchev–Trinajstić information content (AvgIpc) is 3.37. The molecule has 0 saturated heterocycles. The first kappa shape index (κ1) is 21.4. The maximum absolute atomic E-state index is 12.5. The number of nitrogens with two attached hydrogens (primary N) is 1. The zero-order valence-electron chi connectivity index (χ0n) is 17.4. The zero-order chi connectivity index (χ0) is 22.5. The number of benzene rings is 1. The number of aromatic nitrogens is 5. The number of nitrogens with one attached hydrogen (secondary N) is 1. The molecule has 3 aromatic heterocycles. The molecule has 9 nitrogen and oxygen atoms in total. The number of pyridine rings is 1. The van der Waals surface area contributed by atoms with Gasteiger partial charge in [0.15, 0.2) is 11.6 Å². The highest BCUT2D eigenvalue weighted by molar-refractivity contribution is 6.30. The number of nitrogens with zero attached hydrogens (tertiary/aromatic N) is 5. The lowest BCUT2D eigenvalue weighted by molar-refractivity contribution is 0.0947. The minimum atomic E-state index is -0.314. The summed E-state index contributed by atoms with van der Waals surface area (Å²) in [5, 5.41) is 11.9. The number of amides is 1. The van der Waals surface area contributed by atoms with Crippen molar-refractivity contribution in [2.45, 2.75) is 13.5 Å². The first-order valence-corrected chi connectivity index (χ1v) is 10.3. The van der Waals surface area contributed by atoms with Crippen LogP contribution in [0.2, 0.25) is 5.02 Å². The zero-order valence-corrected chi connectivity index (χ0v) is 18.2. The van der Waals surface area contributed by atoms with Gasteiger partial charge in [-0.1, -0.05) is 23.7 Å². The quantitative estimate of drug-likeness (QED) is 0.398. The Morgan fingerprint density at radius 2 is 2.09 bits per heavy atom. The molecule has 10 heteroatoms. The average molecular weight is 452 g/mol. The van der Waals surface area contributed by atoms with Crippen LogP contribution in [-0.2, 0) is 6.54 Å². The minimum Gasteiger partial charge on any atom is -0.492 e. The molecule has 0 spiro atoms. The Hall–Kier alpha value is -3.85. The normalized spacial score (nSPS) is 10.8. The number of aryl methyl sites for hydroxylation is 1. The molecule has 4 rings (SSSR count). The van der Waals surface area contributed by atoms with E-state index in [0.717, 1.165) is 16.9 Å².